The van der Waals surface area contributed by atoms with Crippen LogP contribution in [0.2, 0.25) is 0 Å². The molecule has 1 aromatic rings. The number of likely N-dealkylation sites (N-methyl/N-ethyl adjacent to an activating group) is 1. The third-order valence-corrected chi connectivity index (χ3v) is 2.86. The van der Waals surface area contributed by atoms with Gasteiger partial charge in [-0.15, -0.1) is 0 Å². The minimum atomic E-state index is -1.08. The van der Waals surface area contributed by atoms with E-state index in [0.717, 1.165) is 0 Å². The summed E-state index contributed by atoms with van der Waals surface area (Å²) in [5, 5.41) is 11.9. The minimum Gasteiger partial charge on any atom is -0.478 e. The van der Waals surface area contributed by atoms with Crippen LogP contribution in [0, 0.1) is 0 Å². The fraction of sp³-hybridized carbons (Fsp3) is 0.385. The van der Waals surface area contributed by atoms with E-state index in [9.17, 15) is 9.59 Å². The Morgan fingerprint density at radius 3 is 2.47 bits per heavy atom. The van der Waals surface area contributed by atoms with Gasteiger partial charge >= 0.3 is 5.97 Å². The van der Waals surface area contributed by atoms with E-state index in [1.54, 1.807) is 17.0 Å². The number of carbonyl (C=O) groups excluding carboxylic acids is 1. The molecule has 6 nitrogen and oxygen atoms in total. The number of para-hydroxylation sites is 1. The third kappa shape index (κ3) is 3.61. The number of carbonyl (C=O) groups is 2. The van der Waals surface area contributed by atoms with E-state index in [2.05, 4.69) is 5.32 Å². The van der Waals surface area contributed by atoms with Gasteiger partial charge in [0.05, 0.1) is 23.5 Å². The van der Waals surface area contributed by atoms with Crippen LogP contribution < -0.4 is 11.1 Å². The van der Waals surface area contributed by atoms with Gasteiger partial charge in [0.2, 0.25) is 5.91 Å². The van der Waals surface area contributed by atoms with Crippen LogP contribution in [0.1, 0.15) is 24.2 Å². The first-order chi connectivity index (χ1) is 9.01. The molecule has 0 aromatic heterocycles. The predicted octanol–water partition coefficient (Wildman–Crippen LogP) is 1.25. The zero-order valence-electron chi connectivity index (χ0n) is 11.1. The maximum Gasteiger partial charge on any atom is 0.337 e. The van der Waals surface area contributed by atoms with Crippen molar-refractivity contribution in [3.8, 4) is 0 Å². The molecule has 0 spiro atoms. The molecule has 6 heteroatoms. The lowest BCUT2D eigenvalue weighted by Gasteiger charge is -2.20. The van der Waals surface area contributed by atoms with Crippen molar-refractivity contribution in [2.45, 2.75) is 13.8 Å². The SMILES string of the molecule is CCN(CC)C(=O)CNc1c(N)cccc1C(=O)O. The number of nitrogens with one attached hydrogen (secondary N) is 1. The summed E-state index contributed by atoms with van der Waals surface area (Å²) >= 11 is 0. The number of carboxylic acids is 1. The number of hydrogen-bond acceptors (Lipinski definition) is 4. The Balaban J connectivity index is 2.83. The number of amides is 1. The molecule has 1 aromatic carbocycles. The molecule has 1 amide bonds. The summed E-state index contributed by atoms with van der Waals surface area (Å²) < 4.78 is 0. The Labute approximate surface area is 112 Å². The summed E-state index contributed by atoms with van der Waals surface area (Å²) in [5.41, 5.74) is 6.40. The van der Waals surface area contributed by atoms with Crippen LogP contribution in [0.15, 0.2) is 18.2 Å². The van der Waals surface area contributed by atoms with E-state index in [1.807, 2.05) is 13.8 Å². The molecule has 0 radical (unpaired) electrons. The maximum atomic E-state index is 11.8. The van der Waals surface area contributed by atoms with Crippen molar-refractivity contribution in [2.75, 3.05) is 30.7 Å². The summed E-state index contributed by atoms with van der Waals surface area (Å²) in [7, 11) is 0. The zero-order valence-corrected chi connectivity index (χ0v) is 11.1. The van der Waals surface area contributed by atoms with Crippen molar-refractivity contribution in [3.63, 3.8) is 0 Å². The number of nitrogens with two attached hydrogens (primary N) is 1. The van der Waals surface area contributed by atoms with Crippen molar-refractivity contribution in [3.05, 3.63) is 23.8 Å². The number of nitrogens with zero attached hydrogens (tertiary/aromatic N) is 1. The lowest BCUT2D eigenvalue weighted by molar-refractivity contribution is -0.128. The Kier molecular flexibility index (Phi) is 5.17. The van der Waals surface area contributed by atoms with Crippen LogP contribution in [0.4, 0.5) is 11.4 Å². The predicted molar refractivity (Wildman–Crippen MR) is 74.2 cm³/mol. The van der Waals surface area contributed by atoms with Crippen LogP contribution in [-0.4, -0.2) is 41.5 Å². The van der Waals surface area contributed by atoms with Gasteiger partial charge in [0.25, 0.3) is 0 Å². The molecule has 0 aliphatic rings. The highest BCUT2D eigenvalue weighted by atomic mass is 16.4. The smallest absolute Gasteiger partial charge is 0.337 e. The Morgan fingerprint density at radius 1 is 1.32 bits per heavy atom. The molecule has 0 saturated heterocycles. The summed E-state index contributed by atoms with van der Waals surface area (Å²) in [6.07, 6.45) is 0. The van der Waals surface area contributed by atoms with Crippen molar-refractivity contribution in [2.24, 2.45) is 0 Å². The van der Waals surface area contributed by atoms with Gasteiger partial charge in [-0.1, -0.05) is 6.07 Å². The molecule has 0 aliphatic carbocycles. The van der Waals surface area contributed by atoms with Gasteiger partial charge in [0.1, 0.15) is 0 Å². The molecule has 0 bridgehead atoms. The topological polar surface area (TPSA) is 95.7 Å². The molecule has 0 fully saturated rings. The molecule has 104 valence electrons. The molecular weight excluding hydrogens is 246 g/mol. The van der Waals surface area contributed by atoms with Crippen molar-refractivity contribution in [1.29, 1.82) is 0 Å². The maximum absolute atomic E-state index is 11.8. The highest BCUT2D eigenvalue weighted by Gasteiger charge is 2.15. The van der Waals surface area contributed by atoms with Crippen LogP contribution in [-0.2, 0) is 4.79 Å². The van der Waals surface area contributed by atoms with E-state index in [1.165, 1.54) is 6.07 Å². The molecule has 0 saturated carbocycles. The highest BCUT2D eigenvalue weighted by Crippen LogP contribution is 2.23. The molecule has 0 aliphatic heterocycles. The normalized spacial score (nSPS) is 10.0. The van der Waals surface area contributed by atoms with E-state index >= 15 is 0 Å². The standard InChI is InChI=1S/C13H19N3O3/c1-3-16(4-2)11(17)8-15-12-9(13(18)19)6-5-7-10(12)14/h5-7,15H,3-4,8,14H2,1-2H3,(H,18,19). The number of hydrogen-bond donors (Lipinski definition) is 3. The fourth-order valence-electron chi connectivity index (χ4n) is 1.80. The Morgan fingerprint density at radius 2 is 1.95 bits per heavy atom. The first kappa shape index (κ1) is 14.8. The number of anilines is 2. The second-order valence-corrected chi connectivity index (χ2v) is 3.99. The summed E-state index contributed by atoms with van der Waals surface area (Å²) in [5.74, 6) is -1.17. The molecular formula is C13H19N3O3. The quantitative estimate of drug-likeness (QED) is 0.673. The molecule has 4 N–H and O–H groups in total. The third-order valence-electron chi connectivity index (χ3n) is 2.86. The largest absolute Gasteiger partial charge is 0.478 e. The Bertz CT molecular complexity index is 470. The molecule has 0 heterocycles. The van der Waals surface area contributed by atoms with Gasteiger partial charge in [-0.25, -0.2) is 4.79 Å². The van der Waals surface area contributed by atoms with Crippen LogP contribution in [0.3, 0.4) is 0 Å². The summed E-state index contributed by atoms with van der Waals surface area (Å²) in [6, 6.07) is 4.61. The van der Waals surface area contributed by atoms with Crippen molar-refractivity contribution >= 4 is 23.3 Å². The average Bonchev–Trinajstić information content (AvgIpc) is 2.38. The highest BCUT2D eigenvalue weighted by molar-refractivity contribution is 5.98. The second kappa shape index (κ2) is 6.63. The number of aromatic carboxylic acids is 1. The van der Waals surface area contributed by atoms with Crippen LogP contribution in [0.5, 0.6) is 0 Å². The van der Waals surface area contributed by atoms with E-state index in [-0.39, 0.29) is 23.7 Å². The fourth-order valence-corrected chi connectivity index (χ4v) is 1.80. The number of benzene rings is 1. The number of nitrogen functional groups attached to an aromatic ring is 1. The lowest BCUT2D eigenvalue weighted by Crippen LogP contribution is -2.35. The monoisotopic (exact) mass is 265 g/mol. The van der Waals surface area contributed by atoms with Gasteiger partial charge in [0, 0.05) is 13.1 Å². The number of rotatable bonds is 6. The van der Waals surface area contributed by atoms with Gasteiger partial charge in [-0.2, -0.15) is 0 Å². The molecule has 0 atom stereocenters. The minimum absolute atomic E-state index is 0.0240. The lowest BCUT2D eigenvalue weighted by atomic mass is 10.1. The molecule has 19 heavy (non-hydrogen) atoms. The van der Waals surface area contributed by atoms with Crippen LogP contribution >= 0.6 is 0 Å². The average molecular weight is 265 g/mol. The van der Waals surface area contributed by atoms with E-state index in [4.69, 9.17) is 10.8 Å². The van der Waals surface area contributed by atoms with Gasteiger partial charge in [-0.3, -0.25) is 4.79 Å². The Hall–Kier alpha value is -2.24. The van der Waals surface area contributed by atoms with Gasteiger partial charge < -0.3 is 21.1 Å². The molecule has 0 unspecified atom stereocenters. The van der Waals surface area contributed by atoms with Crippen LogP contribution in [0.25, 0.3) is 0 Å². The van der Waals surface area contributed by atoms with E-state index in [0.29, 0.717) is 18.8 Å². The van der Waals surface area contributed by atoms with Gasteiger partial charge in [0.15, 0.2) is 0 Å². The zero-order chi connectivity index (χ0) is 14.4. The van der Waals surface area contributed by atoms with E-state index < -0.39 is 5.97 Å². The number of carboxylic acid groups (broad SMARTS) is 1. The summed E-state index contributed by atoms with van der Waals surface area (Å²) in [6.45, 7) is 5.04. The second-order valence-electron chi connectivity index (χ2n) is 3.99. The van der Waals surface area contributed by atoms with Gasteiger partial charge in [-0.05, 0) is 26.0 Å². The first-order valence-corrected chi connectivity index (χ1v) is 6.14. The first-order valence-electron chi connectivity index (χ1n) is 6.14. The molecule has 1 rings (SSSR count). The van der Waals surface area contributed by atoms with Crippen molar-refractivity contribution in [1.82, 2.24) is 4.90 Å². The van der Waals surface area contributed by atoms with Crippen molar-refractivity contribution < 1.29 is 14.7 Å². The summed E-state index contributed by atoms with van der Waals surface area (Å²) in [4.78, 5) is 24.6.